The highest BCUT2D eigenvalue weighted by Gasteiger charge is 2.42. The maximum Gasteiger partial charge on any atom is 0.340 e. The molecular formula is C10H14O7S2. The highest BCUT2D eigenvalue weighted by atomic mass is 32.2. The van der Waals surface area contributed by atoms with Gasteiger partial charge in [-0.3, -0.25) is 0 Å². The van der Waals surface area contributed by atoms with Crippen molar-refractivity contribution in [3.8, 4) is 0 Å². The van der Waals surface area contributed by atoms with Gasteiger partial charge in [0.25, 0.3) is 20.2 Å². The van der Waals surface area contributed by atoms with Crippen LogP contribution in [0, 0.1) is 0 Å². The summed E-state index contributed by atoms with van der Waals surface area (Å²) in [5, 5.41) is 0. The first-order valence-corrected chi connectivity index (χ1v) is 8.63. The lowest BCUT2D eigenvalue weighted by Gasteiger charge is -2.29. The molecule has 108 valence electrons. The molecule has 0 heterocycles. The van der Waals surface area contributed by atoms with Gasteiger partial charge in [0.15, 0.2) is 0 Å². The van der Waals surface area contributed by atoms with E-state index < -0.39 is 26.2 Å². The average Bonchev–Trinajstić information content (AvgIpc) is 2.25. The van der Waals surface area contributed by atoms with E-state index in [2.05, 4.69) is 8.37 Å². The minimum Gasteiger partial charge on any atom is -0.325 e. The van der Waals surface area contributed by atoms with E-state index >= 15 is 0 Å². The third kappa shape index (κ3) is 4.88. The molecule has 0 aliphatic carbocycles. The van der Waals surface area contributed by atoms with Crippen molar-refractivity contribution >= 4 is 20.2 Å². The lowest BCUT2D eigenvalue weighted by molar-refractivity contribution is -0.295. The monoisotopic (exact) mass is 310 g/mol. The molecule has 0 aliphatic heterocycles. The Bertz CT molecular complexity index is 585. The largest absolute Gasteiger partial charge is 0.340 e. The van der Waals surface area contributed by atoms with Gasteiger partial charge in [-0.25, -0.2) is 8.37 Å². The van der Waals surface area contributed by atoms with Gasteiger partial charge in [0.05, 0.1) is 12.5 Å². The number of methoxy groups -OCH3 is 1. The Labute approximate surface area is 112 Å². The Morgan fingerprint density at radius 1 is 0.895 bits per heavy atom. The Kier molecular flexibility index (Phi) is 4.69. The van der Waals surface area contributed by atoms with E-state index in [1.807, 2.05) is 0 Å². The first-order valence-electron chi connectivity index (χ1n) is 5.00. The molecule has 0 unspecified atom stereocenters. The van der Waals surface area contributed by atoms with Gasteiger partial charge >= 0.3 is 5.97 Å². The molecule has 0 amide bonds. The number of hydrogen-bond acceptors (Lipinski definition) is 7. The van der Waals surface area contributed by atoms with Crippen LogP contribution >= 0.6 is 0 Å². The predicted molar refractivity (Wildman–Crippen MR) is 67.0 cm³/mol. The number of rotatable bonds is 6. The van der Waals surface area contributed by atoms with Crippen LogP contribution in [-0.4, -0.2) is 36.5 Å². The molecule has 0 saturated heterocycles. The fourth-order valence-corrected chi connectivity index (χ4v) is 2.57. The molecule has 0 N–H and O–H groups in total. The molecule has 0 atom stereocenters. The Hall–Kier alpha value is -1.00. The van der Waals surface area contributed by atoms with Crippen molar-refractivity contribution in [3.63, 3.8) is 0 Å². The maximum absolute atomic E-state index is 11.3. The van der Waals surface area contributed by atoms with Gasteiger partial charge in [-0.15, -0.1) is 0 Å². The quantitative estimate of drug-likeness (QED) is 0.554. The van der Waals surface area contributed by atoms with E-state index in [1.54, 1.807) is 18.2 Å². The molecule has 1 aromatic rings. The van der Waals surface area contributed by atoms with Crippen LogP contribution in [0.2, 0.25) is 0 Å². The van der Waals surface area contributed by atoms with Gasteiger partial charge in [0.1, 0.15) is 0 Å². The van der Waals surface area contributed by atoms with E-state index in [0.29, 0.717) is 0 Å². The fraction of sp³-hybridized carbons (Fsp3) is 0.400. The highest BCUT2D eigenvalue weighted by Crippen LogP contribution is 2.31. The van der Waals surface area contributed by atoms with Crippen LogP contribution in [0.1, 0.15) is 5.56 Å². The van der Waals surface area contributed by atoms with Crippen LogP contribution in [0.15, 0.2) is 30.3 Å². The van der Waals surface area contributed by atoms with Gasteiger partial charge in [-0.1, -0.05) is 30.3 Å². The predicted octanol–water partition coefficient (Wildman–Crippen LogP) is 0.396. The fourth-order valence-electron chi connectivity index (χ4n) is 1.34. The number of benzene rings is 1. The summed E-state index contributed by atoms with van der Waals surface area (Å²) in [6.07, 6.45) is 1.52. The Morgan fingerprint density at radius 2 is 1.32 bits per heavy atom. The standard InChI is InChI=1S/C10H14O7S2/c1-15-10(16-18(2,11)12,17-19(3,13)14)9-7-5-4-6-8-9/h4-8H,1-3H3. The van der Waals surface area contributed by atoms with Crippen LogP contribution in [-0.2, 0) is 39.3 Å². The van der Waals surface area contributed by atoms with Gasteiger partial charge < -0.3 is 4.74 Å². The van der Waals surface area contributed by atoms with Crippen molar-refractivity contribution in [2.75, 3.05) is 19.6 Å². The smallest absolute Gasteiger partial charge is 0.325 e. The van der Waals surface area contributed by atoms with Crippen molar-refractivity contribution in [3.05, 3.63) is 35.9 Å². The summed E-state index contributed by atoms with van der Waals surface area (Å²) in [4.78, 5) is 0. The van der Waals surface area contributed by atoms with Crippen LogP contribution in [0.3, 0.4) is 0 Å². The molecule has 0 bridgehead atoms. The molecule has 1 aromatic carbocycles. The van der Waals surface area contributed by atoms with E-state index in [0.717, 1.165) is 19.6 Å². The van der Waals surface area contributed by atoms with Crippen LogP contribution in [0.4, 0.5) is 0 Å². The molecule has 1 rings (SSSR count). The van der Waals surface area contributed by atoms with Crippen molar-refractivity contribution in [2.45, 2.75) is 5.97 Å². The second-order valence-electron chi connectivity index (χ2n) is 3.70. The second-order valence-corrected chi connectivity index (χ2v) is 6.85. The van der Waals surface area contributed by atoms with Crippen molar-refractivity contribution in [1.82, 2.24) is 0 Å². The normalized spacial score (nSPS) is 13.4. The molecule has 0 spiro atoms. The molecule has 0 aromatic heterocycles. The molecule has 0 saturated carbocycles. The molecular weight excluding hydrogens is 296 g/mol. The highest BCUT2D eigenvalue weighted by molar-refractivity contribution is 7.86. The van der Waals surface area contributed by atoms with Crippen molar-refractivity contribution < 1.29 is 29.9 Å². The van der Waals surface area contributed by atoms with E-state index in [-0.39, 0.29) is 5.56 Å². The first kappa shape index (κ1) is 16.1. The third-order valence-corrected chi connectivity index (χ3v) is 2.96. The lowest BCUT2D eigenvalue weighted by atomic mass is 10.2. The summed E-state index contributed by atoms with van der Waals surface area (Å²) in [7, 11) is -6.98. The summed E-state index contributed by atoms with van der Waals surface area (Å²) in [5.74, 6) is -2.37. The second kappa shape index (κ2) is 5.55. The van der Waals surface area contributed by atoms with Crippen LogP contribution < -0.4 is 0 Å². The van der Waals surface area contributed by atoms with Gasteiger partial charge in [0, 0.05) is 12.7 Å². The lowest BCUT2D eigenvalue weighted by Crippen LogP contribution is -2.39. The summed E-state index contributed by atoms with van der Waals surface area (Å²) in [6, 6.07) is 7.60. The third-order valence-electron chi connectivity index (χ3n) is 1.92. The van der Waals surface area contributed by atoms with E-state index in [4.69, 9.17) is 4.74 Å². The van der Waals surface area contributed by atoms with Crippen molar-refractivity contribution in [2.24, 2.45) is 0 Å². The summed E-state index contributed by atoms with van der Waals surface area (Å²) in [5.41, 5.74) is 0.0911. The number of hydrogen-bond donors (Lipinski definition) is 0. The van der Waals surface area contributed by atoms with Crippen LogP contribution in [0.25, 0.3) is 0 Å². The zero-order valence-corrected chi connectivity index (χ0v) is 12.2. The minimum atomic E-state index is -4.03. The summed E-state index contributed by atoms with van der Waals surface area (Å²) < 4.78 is 59.4. The zero-order valence-electron chi connectivity index (χ0n) is 10.6. The van der Waals surface area contributed by atoms with Gasteiger partial charge in [0.2, 0.25) is 0 Å². The zero-order chi connectivity index (χ0) is 14.7. The topological polar surface area (TPSA) is 96.0 Å². The van der Waals surface area contributed by atoms with E-state index in [1.165, 1.54) is 12.1 Å². The molecule has 19 heavy (non-hydrogen) atoms. The average molecular weight is 310 g/mol. The minimum absolute atomic E-state index is 0.0911. The molecule has 9 heteroatoms. The molecule has 0 fully saturated rings. The SMILES string of the molecule is COC(OS(C)(=O)=O)(OS(C)(=O)=O)c1ccccc1. The van der Waals surface area contributed by atoms with Gasteiger partial charge in [-0.2, -0.15) is 16.8 Å². The summed E-state index contributed by atoms with van der Waals surface area (Å²) in [6.45, 7) is 0. The molecule has 7 nitrogen and oxygen atoms in total. The number of ether oxygens (including phenoxy) is 1. The maximum atomic E-state index is 11.3. The Morgan fingerprint density at radius 3 is 1.63 bits per heavy atom. The first-order chi connectivity index (χ1) is 8.58. The van der Waals surface area contributed by atoms with Crippen molar-refractivity contribution in [1.29, 1.82) is 0 Å². The van der Waals surface area contributed by atoms with Gasteiger partial charge in [-0.05, 0) is 0 Å². The van der Waals surface area contributed by atoms with Crippen LogP contribution in [0.5, 0.6) is 0 Å². The van der Waals surface area contributed by atoms with E-state index in [9.17, 15) is 16.8 Å². The molecule has 0 aliphatic rings. The Balaban J connectivity index is 3.38. The summed E-state index contributed by atoms with van der Waals surface area (Å²) >= 11 is 0. The molecule has 0 radical (unpaired) electrons.